The molecule has 22 heavy (non-hydrogen) atoms. The van der Waals surface area contributed by atoms with Crippen LogP contribution < -0.4 is 5.48 Å². The Morgan fingerprint density at radius 3 is 1.45 bits per heavy atom. The van der Waals surface area contributed by atoms with E-state index in [-0.39, 0.29) is 13.2 Å². The van der Waals surface area contributed by atoms with Crippen LogP contribution in [0, 0.1) is 0 Å². The summed E-state index contributed by atoms with van der Waals surface area (Å²) in [6.07, 6.45) is 0. The van der Waals surface area contributed by atoms with Gasteiger partial charge in [0.2, 0.25) is 0 Å². The fourth-order valence-electron chi connectivity index (χ4n) is 1.22. The van der Waals surface area contributed by atoms with Crippen molar-refractivity contribution in [3.8, 4) is 0 Å². The van der Waals surface area contributed by atoms with Crippen LogP contribution in [0.5, 0.6) is 0 Å². The summed E-state index contributed by atoms with van der Waals surface area (Å²) in [5.41, 5.74) is 1.47. The average Bonchev–Trinajstić information content (AvgIpc) is 2.54. The van der Waals surface area contributed by atoms with Gasteiger partial charge in [-0.15, -0.1) is 0 Å². The molecule has 1 amide bonds. The molecule has 9 heteroatoms. The second-order valence-corrected chi connectivity index (χ2v) is 4.03. The standard InChI is InChI=1S/C13H27NO8/c1-17-2-3-18-4-5-19-6-7-20-8-9-21-10-11-22-12-13(15)14-16/h16H,2-12H2,1H3,(H,14,15). The molecule has 0 aromatic rings. The van der Waals surface area contributed by atoms with Gasteiger partial charge >= 0.3 is 0 Å². The number of hydrogen-bond donors (Lipinski definition) is 2. The molecule has 0 unspecified atom stereocenters. The van der Waals surface area contributed by atoms with Crippen molar-refractivity contribution in [1.82, 2.24) is 5.48 Å². The van der Waals surface area contributed by atoms with Crippen molar-refractivity contribution < 1.29 is 38.4 Å². The SMILES string of the molecule is COCCOCCOCCOCCOCCOCC(=O)NO. The summed E-state index contributed by atoms with van der Waals surface area (Å²) in [7, 11) is 1.63. The Morgan fingerprint density at radius 1 is 0.727 bits per heavy atom. The van der Waals surface area contributed by atoms with Crippen LogP contribution in [0.1, 0.15) is 0 Å². The van der Waals surface area contributed by atoms with E-state index in [1.165, 1.54) is 5.48 Å². The lowest BCUT2D eigenvalue weighted by Crippen LogP contribution is -2.24. The van der Waals surface area contributed by atoms with Crippen molar-refractivity contribution in [2.75, 3.05) is 79.8 Å². The molecule has 0 heterocycles. The van der Waals surface area contributed by atoms with Crippen molar-refractivity contribution in [2.45, 2.75) is 0 Å². The van der Waals surface area contributed by atoms with E-state index < -0.39 is 5.91 Å². The highest BCUT2D eigenvalue weighted by Crippen LogP contribution is 1.84. The van der Waals surface area contributed by atoms with Gasteiger partial charge in [-0.1, -0.05) is 0 Å². The van der Waals surface area contributed by atoms with Crippen LogP contribution in [-0.2, 0) is 33.2 Å². The average molecular weight is 325 g/mol. The predicted octanol–water partition coefficient (Wildman–Crippen LogP) is -0.779. The third-order valence-corrected chi connectivity index (χ3v) is 2.28. The number of nitrogens with one attached hydrogen (secondary N) is 1. The minimum absolute atomic E-state index is 0.192. The first-order chi connectivity index (χ1) is 10.8. The van der Waals surface area contributed by atoms with Gasteiger partial charge in [-0.05, 0) is 0 Å². The van der Waals surface area contributed by atoms with E-state index in [1.54, 1.807) is 7.11 Å². The lowest BCUT2D eigenvalue weighted by molar-refractivity contribution is -0.134. The molecule has 0 aliphatic rings. The Kier molecular flexibility index (Phi) is 17.6. The smallest absolute Gasteiger partial charge is 0.269 e. The van der Waals surface area contributed by atoms with Crippen LogP contribution in [0.15, 0.2) is 0 Å². The molecule has 2 N–H and O–H groups in total. The molecule has 0 rings (SSSR count). The maximum absolute atomic E-state index is 10.6. The maximum Gasteiger partial charge on any atom is 0.269 e. The van der Waals surface area contributed by atoms with Gasteiger partial charge in [0, 0.05) is 7.11 Å². The molecule has 0 saturated carbocycles. The first-order valence-electron chi connectivity index (χ1n) is 7.11. The molecule has 0 aliphatic heterocycles. The normalized spacial score (nSPS) is 10.8. The van der Waals surface area contributed by atoms with E-state index in [1.807, 2.05) is 0 Å². The van der Waals surface area contributed by atoms with Crippen LogP contribution in [0.25, 0.3) is 0 Å². The summed E-state index contributed by atoms with van der Waals surface area (Å²) in [5.74, 6) is -0.590. The molecule has 0 fully saturated rings. The Labute approximate surface area is 130 Å². The van der Waals surface area contributed by atoms with Crippen molar-refractivity contribution >= 4 is 5.91 Å². The zero-order valence-corrected chi connectivity index (χ0v) is 13.1. The third kappa shape index (κ3) is 17.2. The van der Waals surface area contributed by atoms with Gasteiger partial charge in [0.1, 0.15) is 6.61 Å². The van der Waals surface area contributed by atoms with E-state index in [2.05, 4.69) is 0 Å². The summed E-state index contributed by atoms with van der Waals surface area (Å²) < 4.78 is 30.8. The summed E-state index contributed by atoms with van der Waals surface area (Å²) in [6, 6.07) is 0. The minimum atomic E-state index is -0.590. The van der Waals surface area contributed by atoms with Crippen molar-refractivity contribution in [1.29, 1.82) is 0 Å². The van der Waals surface area contributed by atoms with Gasteiger partial charge in [0.25, 0.3) is 5.91 Å². The predicted molar refractivity (Wildman–Crippen MR) is 75.9 cm³/mol. The highest BCUT2D eigenvalue weighted by Gasteiger charge is 1.98. The summed E-state index contributed by atoms with van der Waals surface area (Å²) in [5, 5.41) is 8.21. The van der Waals surface area contributed by atoms with Gasteiger partial charge < -0.3 is 28.4 Å². The Balaban J connectivity index is 2.98. The molecular weight excluding hydrogens is 298 g/mol. The molecule has 132 valence electrons. The van der Waals surface area contributed by atoms with Gasteiger partial charge in [0.05, 0.1) is 66.1 Å². The Hall–Kier alpha value is -0.810. The monoisotopic (exact) mass is 325 g/mol. The van der Waals surface area contributed by atoms with E-state index in [0.717, 1.165) is 0 Å². The zero-order valence-electron chi connectivity index (χ0n) is 13.1. The number of hydroxylamine groups is 1. The van der Waals surface area contributed by atoms with Crippen LogP contribution in [-0.4, -0.2) is 90.9 Å². The first kappa shape index (κ1) is 21.2. The van der Waals surface area contributed by atoms with Crippen molar-refractivity contribution in [2.24, 2.45) is 0 Å². The number of methoxy groups -OCH3 is 1. The summed E-state index contributed by atoms with van der Waals surface area (Å²) in [6.45, 7) is 4.58. The van der Waals surface area contributed by atoms with Gasteiger partial charge in [-0.2, -0.15) is 0 Å². The molecule has 0 aromatic heterocycles. The second kappa shape index (κ2) is 18.2. The Morgan fingerprint density at radius 2 is 1.09 bits per heavy atom. The number of carbonyl (C=O) groups excluding carboxylic acids is 1. The van der Waals surface area contributed by atoms with Crippen LogP contribution in [0.2, 0.25) is 0 Å². The number of amides is 1. The lowest BCUT2D eigenvalue weighted by atomic mass is 10.6. The van der Waals surface area contributed by atoms with E-state index in [4.69, 9.17) is 33.6 Å². The quantitative estimate of drug-likeness (QED) is 0.204. The van der Waals surface area contributed by atoms with Gasteiger partial charge in [-0.3, -0.25) is 10.0 Å². The van der Waals surface area contributed by atoms with Crippen LogP contribution in [0.4, 0.5) is 0 Å². The number of rotatable bonds is 17. The Bertz CT molecular complexity index is 242. The molecule has 0 spiro atoms. The van der Waals surface area contributed by atoms with Crippen LogP contribution >= 0.6 is 0 Å². The first-order valence-corrected chi connectivity index (χ1v) is 7.11. The van der Waals surface area contributed by atoms with Gasteiger partial charge in [0.15, 0.2) is 0 Å². The molecule has 0 radical (unpaired) electrons. The van der Waals surface area contributed by atoms with Crippen molar-refractivity contribution in [3.05, 3.63) is 0 Å². The van der Waals surface area contributed by atoms with E-state index >= 15 is 0 Å². The maximum atomic E-state index is 10.6. The fraction of sp³-hybridized carbons (Fsp3) is 0.923. The number of hydrogen-bond acceptors (Lipinski definition) is 8. The molecule has 0 saturated heterocycles. The highest BCUT2D eigenvalue weighted by atomic mass is 16.6. The fourth-order valence-corrected chi connectivity index (χ4v) is 1.22. The summed E-state index contributed by atoms with van der Waals surface area (Å²) in [4.78, 5) is 10.6. The minimum Gasteiger partial charge on any atom is -0.382 e. The number of ether oxygens (including phenoxy) is 6. The highest BCUT2D eigenvalue weighted by molar-refractivity contribution is 5.75. The second-order valence-electron chi connectivity index (χ2n) is 4.03. The van der Waals surface area contributed by atoms with E-state index in [0.29, 0.717) is 59.5 Å². The zero-order chi connectivity index (χ0) is 16.3. The van der Waals surface area contributed by atoms with Crippen LogP contribution in [0.3, 0.4) is 0 Å². The lowest BCUT2D eigenvalue weighted by Gasteiger charge is -2.07. The molecule has 0 atom stereocenters. The molecule has 0 aromatic carbocycles. The molecule has 0 aliphatic carbocycles. The third-order valence-electron chi connectivity index (χ3n) is 2.28. The van der Waals surface area contributed by atoms with E-state index in [9.17, 15) is 4.79 Å². The van der Waals surface area contributed by atoms with Gasteiger partial charge in [-0.25, -0.2) is 5.48 Å². The van der Waals surface area contributed by atoms with Crippen molar-refractivity contribution in [3.63, 3.8) is 0 Å². The molecule has 0 bridgehead atoms. The topological polar surface area (TPSA) is 105 Å². The largest absolute Gasteiger partial charge is 0.382 e. The molecular formula is C13H27NO8. The molecule has 9 nitrogen and oxygen atoms in total. The number of carbonyl (C=O) groups is 1. The summed E-state index contributed by atoms with van der Waals surface area (Å²) >= 11 is 0.